The highest BCUT2D eigenvalue weighted by Gasteiger charge is 2.22. The summed E-state index contributed by atoms with van der Waals surface area (Å²) in [7, 11) is 1.85. The summed E-state index contributed by atoms with van der Waals surface area (Å²) >= 11 is 1.82. The molecule has 3 nitrogen and oxygen atoms in total. The van der Waals surface area contributed by atoms with Crippen LogP contribution in [0.3, 0.4) is 0 Å². The second-order valence-electron chi connectivity index (χ2n) is 5.31. The summed E-state index contributed by atoms with van der Waals surface area (Å²) in [5, 5.41) is 3.03. The third-order valence-electron chi connectivity index (χ3n) is 2.83. The Morgan fingerprint density at radius 3 is 2.44 bits per heavy atom. The van der Waals surface area contributed by atoms with Crippen molar-refractivity contribution in [2.45, 2.75) is 40.2 Å². The highest BCUT2D eigenvalue weighted by Crippen LogP contribution is 2.18. The van der Waals surface area contributed by atoms with E-state index in [0.717, 1.165) is 18.7 Å². The minimum absolute atomic E-state index is 0.0310. The predicted octanol–water partition coefficient (Wildman–Crippen LogP) is 2.82. The summed E-state index contributed by atoms with van der Waals surface area (Å²) in [4.78, 5) is 13.6. The van der Waals surface area contributed by atoms with Crippen LogP contribution in [0.2, 0.25) is 0 Å². The molecule has 0 heterocycles. The number of hydrogen-bond donors (Lipinski definition) is 1. The zero-order valence-corrected chi connectivity index (χ0v) is 12.3. The Balaban J connectivity index is 3.96. The second-order valence-corrected chi connectivity index (χ2v) is 6.29. The molecule has 16 heavy (non-hydrogen) atoms. The lowest BCUT2D eigenvalue weighted by atomic mass is 9.88. The molecule has 0 aromatic carbocycles. The number of nitrogens with zero attached hydrogens (tertiary/aromatic N) is 1. The fraction of sp³-hybridized carbons (Fsp3) is 0.917. The molecular formula is C12H26N2OS. The standard InChI is InChI=1S/C12H26N2OS/c1-10(12(2,3)4)13-11(15)14(5)8-7-9-16-6/h10H,7-9H2,1-6H3,(H,13,15). The number of carbonyl (C=O) groups excluding carboxylic acids is 1. The van der Waals surface area contributed by atoms with Crippen molar-refractivity contribution in [3.8, 4) is 0 Å². The first-order chi connectivity index (χ1) is 7.29. The van der Waals surface area contributed by atoms with Crippen LogP contribution in [-0.2, 0) is 0 Å². The van der Waals surface area contributed by atoms with Crippen LogP contribution in [0.4, 0.5) is 4.79 Å². The van der Waals surface area contributed by atoms with Crippen LogP contribution in [0.5, 0.6) is 0 Å². The van der Waals surface area contributed by atoms with Gasteiger partial charge in [-0.25, -0.2) is 4.79 Å². The number of carbonyl (C=O) groups is 1. The van der Waals surface area contributed by atoms with Crippen molar-refractivity contribution in [2.75, 3.05) is 25.6 Å². The summed E-state index contributed by atoms with van der Waals surface area (Å²) in [6.45, 7) is 9.26. The Labute approximate surface area is 104 Å². The molecule has 1 atom stereocenters. The molecule has 0 aliphatic rings. The summed E-state index contributed by atoms with van der Waals surface area (Å²) < 4.78 is 0. The summed E-state index contributed by atoms with van der Waals surface area (Å²) in [5.41, 5.74) is 0.107. The number of nitrogens with one attached hydrogen (secondary N) is 1. The summed E-state index contributed by atoms with van der Waals surface area (Å²) in [6.07, 6.45) is 3.14. The average Bonchev–Trinajstić information content (AvgIpc) is 2.16. The van der Waals surface area contributed by atoms with Gasteiger partial charge in [-0.1, -0.05) is 20.8 Å². The molecule has 4 heteroatoms. The Hall–Kier alpha value is -0.380. The smallest absolute Gasteiger partial charge is 0.317 e. The van der Waals surface area contributed by atoms with E-state index >= 15 is 0 Å². The average molecular weight is 246 g/mol. The van der Waals surface area contributed by atoms with Gasteiger partial charge in [0.05, 0.1) is 0 Å². The number of hydrogen-bond acceptors (Lipinski definition) is 2. The van der Waals surface area contributed by atoms with Crippen LogP contribution in [0.25, 0.3) is 0 Å². The van der Waals surface area contributed by atoms with Gasteiger partial charge in [0.2, 0.25) is 0 Å². The van der Waals surface area contributed by atoms with Crippen LogP contribution >= 0.6 is 11.8 Å². The lowest BCUT2D eigenvalue weighted by molar-refractivity contribution is 0.192. The van der Waals surface area contributed by atoms with Gasteiger partial charge in [0.1, 0.15) is 0 Å². The molecule has 0 aliphatic carbocycles. The third-order valence-corrected chi connectivity index (χ3v) is 3.52. The van der Waals surface area contributed by atoms with Gasteiger partial charge in [-0.3, -0.25) is 0 Å². The van der Waals surface area contributed by atoms with Crippen molar-refractivity contribution < 1.29 is 4.79 Å². The summed E-state index contributed by atoms with van der Waals surface area (Å²) in [6, 6.07) is 0.214. The number of amides is 2. The van der Waals surface area contributed by atoms with Gasteiger partial charge in [0, 0.05) is 19.6 Å². The highest BCUT2D eigenvalue weighted by molar-refractivity contribution is 7.98. The molecule has 0 aromatic heterocycles. The molecular weight excluding hydrogens is 220 g/mol. The van der Waals surface area contributed by atoms with Crippen molar-refractivity contribution >= 4 is 17.8 Å². The lowest BCUT2D eigenvalue weighted by Gasteiger charge is -2.30. The first-order valence-electron chi connectivity index (χ1n) is 5.79. The summed E-state index contributed by atoms with van der Waals surface area (Å²) in [5.74, 6) is 1.10. The quantitative estimate of drug-likeness (QED) is 0.757. The molecule has 0 bridgehead atoms. The number of thioether (sulfide) groups is 1. The van der Waals surface area contributed by atoms with E-state index in [1.54, 1.807) is 4.90 Å². The maximum atomic E-state index is 11.8. The molecule has 2 amide bonds. The van der Waals surface area contributed by atoms with E-state index in [2.05, 4.69) is 32.3 Å². The van der Waals surface area contributed by atoms with Crippen molar-refractivity contribution in [2.24, 2.45) is 5.41 Å². The molecule has 1 unspecified atom stereocenters. The largest absolute Gasteiger partial charge is 0.335 e. The molecule has 0 radical (unpaired) electrons. The monoisotopic (exact) mass is 246 g/mol. The van der Waals surface area contributed by atoms with E-state index in [4.69, 9.17) is 0 Å². The molecule has 0 spiro atoms. The van der Waals surface area contributed by atoms with E-state index in [1.807, 2.05) is 25.7 Å². The van der Waals surface area contributed by atoms with Gasteiger partial charge >= 0.3 is 6.03 Å². The normalized spacial score (nSPS) is 13.4. The van der Waals surface area contributed by atoms with Gasteiger partial charge in [0.15, 0.2) is 0 Å². The Morgan fingerprint density at radius 2 is 2.00 bits per heavy atom. The number of urea groups is 1. The lowest BCUT2D eigenvalue weighted by Crippen LogP contribution is -2.47. The Morgan fingerprint density at radius 1 is 1.44 bits per heavy atom. The Bertz CT molecular complexity index is 214. The topological polar surface area (TPSA) is 32.3 Å². The molecule has 0 saturated heterocycles. The van der Waals surface area contributed by atoms with Gasteiger partial charge in [-0.15, -0.1) is 0 Å². The van der Waals surface area contributed by atoms with Crippen molar-refractivity contribution in [3.05, 3.63) is 0 Å². The van der Waals surface area contributed by atoms with E-state index in [1.165, 1.54) is 0 Å². The highest BCUT2D eigenvalue weighted by atomic mass is 32.2. The first-order valence-corrected chi connectivity index (χ1v) is 7.19. The van der Waals surface area contributed by atoms with Crippen LogP contribution in [-0.4, -0.2) is 42.6 Å². The van der Waals surface area contributed by atoms with Crippen molar-refractivity contribution in [3.63, 3.8) is 0 Å². The van der Waals surface area contributed by atoms with Gasteiger partial charge in [0.25, 0.3) is 0 Å². The Kier molecular flexibility index (Phi) is 6.88. The molecule has 0 fully saturated rings. The maximum absolute atomic E-state index is 11.8. The van der Waals surface area contributed by atoms with E-state index in [0.29, 0.717) is 0 Å². The fourth-order valence-corrected chi connectivity index (χ4v) is 1.48. The predicted molar refractivity (Wildman–Crippen MR) is 73.1 cm³/mol. The van der Waals surface area contributed by atoms with E-state index < -0.39 is 0 Å². The zero-order chi connectivity index (χ0) is 12.8. The van der Waals surface area contributed by atoms with E-state index in [-0.39, 0.29) is 17.5 Å². The van der Waals surface area contributed by atoms with Crippen LogP contribution in [0, 0.1) is 5.41 Å². The number of rotatable bonds is 5. The maximum Gasteiger partial charge on any atom is 0.317 e. The van der Waals surface area contributed by atoms with Gasteiger partial charge in [-0.05, 0) is 30.8 Å². The molecule has 0 aromatic rings. The van der Waals surface area contributed by atoms with Crippen LogP contribution in [0.1, 0.15) is 34.1 Å². The molecule has 0 rings (SSSR count). The zero-order valence-electron chi connectivity index (χ0n) is 11.5. The molecule has 1 N–H and O–H groups in total. The van der Waals surface area contributed by atoms with Crippen molar-refractivity contribution in [1.29, 1.82) is 0 Å². The van der Waals surface area contributed by atoms with Gasteiger partial charge < -0.3 is 10.2 Å². The fourth-order valence-electron chi connectivity index (χ4n) is 1.06. The van der Waals surface area contributed by atoms with Crippen molar-refractivity contribution in [1.82, 2.24) is 10.2 Å². The second kappa shape index (κ2) is 7.05. The molecule has 0 saturated carbocycles. The molecule has 0 aliphatic heterocycles. The van der Waals surface area contributed by atoms with E-state index in [9.17, 15) is 4.79 Å². The first kappa shape index (κ1) is 15.6. The molecule has 96 valence electrons. The van der Waals surface area contributed by atoms with Crippen LogP contribution in [0.15, 0.2) is 0 Å². The van der Waals surface area contributed by atoms with Crippen LogP contribution < -0.4 is 5.32 Å². The third kappa shape index (κ3) is 6.26. The van der Waals surface area contributed by atoms with Gasteiger partial charge in [-0.2, -0.15) is 11.8 Å². The minimum atomic E-state index is 0.0310. The minimum Gasteiger partial charge on any atom is -0.335 e. The SMILES string of the molecule is CSCCCN(C)C(=O)NC(C)C(C)(C)C.